The molecule has 0 heterocycles. The zero-order chi connectivity index (χ0) is 11.6. The minimum Gasteiger partial charge on any atom is -0.326 e. The maximum atomic E-state index is 6.43. The lowest BCUT2D eigenvalue weighted by atomic mass is 9.70. The van der Waals surface area contributed by atoms with Crippen molar-refractivity contribution in [2.24, 2.45) is 11.1 Å². The lowest BCUT2D eigenvalue weighted by molar-refractivity contribution is 0.0520. The molecule has 0 aliphatic heterocycles. The Hall–Kier alpha value is -0.0800. The standard InChI is InChI=1S/C13H28N2/c1-6-15(10(2)3)11-8-7-9-13(4,5)12(11)14/h10-12H,6-9,14H2,1-5H3. The maximum Gasteiger partial charge on any atom is 0.0255 e. The van der Waals surface area contributed by atoms with Crippen LogP contribution in [0.3, 0.4) is 0 Å². The largest absolute Gasteiger partial charge is 0.326 e. The van der Waals surface area contributed by atoms with Gasteiger partial charge in [-0.05, 0) is 38.6 Å². The molecule has 0 spiro atoms. The third kappa shape index (κ3) is 2.73. The second-order valence-electron chi connectivity index (χ2n) is 5.90. The van der Waals surface area contributed by atoms with Crippen LogP contribution in [-0.4, -0.2) is 29.6 Å². The van der Waals surface area contributed by atoms with Crippen LogP contribution in [0.25, 0.3) is 0 Å². The lowest BCUT2D eigenvalue weighted by Gasteiger charge is -2.47. The molecule has 1 fully saturated rings. The first-order valence-electron chi connectivity index (χ1n) is 6.41. The minimum atomic E-state index is 0.311. The molecule has 2 atom stereocenters. The third-order valence-electron chi connectivity index (χ3n) is 4.09. The summed E-state index contributed by atoms with van der Waals surface area (Å²) >= 11 is 0. The monoisotopic (exact) mass is 212 g/mol. The van der Waals surface area contributed by atoms with E-state index in [1.165, 1.54) is 19.3 Å². The Morgan fingerprint density at radius 2 is 2.00 bits per heavy atom. The van der Waals surface area contributed by atoms with Crippen LogP contribution in [0.15, 0.2) is 0 Å². The Balaban J connectivity index is 2.75. The molecule has 2 nitrogen and oxygen atoms in total. The average Bonchev–Trinajstić information content (AvgIpc) is 2.13. The third-order valence-corrected chi connectivity index (χ3v) is 4.09. The Morgan fingerprint density at radius 1 is 1.40 bits per heavy atom. The summed E-state index contributed by atoms with van der Waals surface area (Å²) in [7, 11) is 0. The zero-order valence-corrected chi connectivity index (χ0v) is 11.1. The molecule has 0 aromatic carbocycles. The maximum absolute atomic E-state index is 6.43. The highest BCUT2D eigenvalue weighted by molar-refractivity contribution is 4.96. The van der Waals surface area contributed by atoms with Crippen LogP contribution < -0.4 is 5.73 Å². The molecular weight excluding hydrogens is 184 g/mol. The molecule has 1 aliphatic rings. The fraction of sp³-hybridized carbons (Fsp3) is 1.00. The molecule has 15 heavy (non-hydrogen) atoms. The summed E-state index contributed by atoms with van der Waals surface area (Å²) in [6, 6.07) is 1.52. The molecule has 0 bridgehead atoms. The van der Waals surface area contributed by atoms with Crippen molar-refractivity contribution in [3.8, 4) is 0 Å². The Bertz CT molecular complexity index is 197. The Kier molecular flexibility index (Phi) is 4.19. The second kappa shape index (κ2) is 4.84. The second-order valence-corrected chi connectivity index (χ2v) is 5.90. The van der Waals surface area contributed by atoms with E-state index in [1.54, 1.807) is 0 Å². The van der Waals surface area contributed by atoms with Crippen molar-refractivity contribution in [1.29, 1.82) is 0 Å². The van der Waals surface area contributed by atoms with Crippen molar-refractivity contribution < 1.29 is 0 Å². The smallest absolute Gasteiger partial charge is 0.0255 e. The zero-order valence-electron chi connectivity index (χ0n) is 11.1. The first-order valence-corrected chi connectivity index (χ1v) is 6.41. The van der Waals surface area contributed by atoms with Gasteiger partial charge < -0.3 is 5.73 Å². The molecule has 2 unspecified atom stereocenters. The minimum absolute atomic E-state index is 0.311. The molecule has 1 aliphatic carbocycles. The molecule has 0 saturated heterocycles. The summed E-state index contributed by atoms with van der Waals surface area (Å²) in [6.07, 6.45) is 3.88. The van der Waals surface area contributed by atoms with Gasteiger partial charge in [0.2, 0.25) is 0 Å². The molecular formula is C13H28N2. The van der Waals surface area contributed by atoms with Gasteiger partial charge >= 0.3 is 0 Å². The Morgan fingerprint density at radius 3 is 2.47 bits per heavy atom. The van der Waals surface area contributed by atoms with Crippen molar-refractivity contribution in [2.75, 3.05) is 6.54 Å². The predicted molar refractivity (Wildman–Crippen MR) is 66.9 cm³/mol. The molecule has 2 heteroatoms. The van der Waals surface area contributed by atoms with E-state index in [2.05, 4.69) is 39.5 Å². The van der Waals surface area contributed by atoms with Crippen LogP contribution in [-0.2, 0) is 0 Å². The van der Waals surface area contributed by atoms with Crippen molar-refractivity contribution in [3.63, 3.8) is 0 Å². The number of hydrogen-bond acceptors (Lipinski definition) is 2. The van der Waals surface area contributed by atoms with Crippen LogP contribution in [0, 0.1) is 5.41 Å². The molecule has 0 radical (unpaired) electrons. The van der Waals surface area contributed by atoms with Crippen molar-refractivity contribution in [1.82, 2.24) is 4.90 Å². The van der Waals surface area contributed by atoms with Gasteiger partial charge in [0.25, 0.3) is 0 Å². The van der Waals surface area contributed by atoms with E-state index >= 15 is 0 Å². The van der Waals surface area contributed by atoms with Gasteiger partial charge in [0.15, 0.2) is 0 Å². The number of nitrogens with zero attached hydrogens (tertiary/aromatic N) is 1. The first kappa shape index (κ1) is 13.0. The first-order chi connectivity index (χ1) is 6.90. The van der Waals surface area contributed by atoms with Crippen LogP contribution in [0.1, 0.15) is 53.9 Å². The lowest BCUT2D eigenvalue weighted by Crippen LogP contribution is -2.58. The molecule has 0 aromatic rings. The number of hydrogen-bond donors (Lipinski definition) is 1. The number of rotatable bonds is 3. The van der Waals surface area contributed by atoms with Gasteiger partial charge in [-0.15, -0.1) is 0 Å². The van der Waals surface area contributed by atoms with Crippen molar-refractivity contribution in [3.05, 3.63) is 0 Å². The molecule has 0 amide bonds. The van der Waals surface area contributed by atoms with E-state index in [9.17, 15) is 0 Å². The van der Waals surface area contributed by atoms with Gasteiger partial charge in [-0.3, -0.25) is 4.90 Å². The van der Waals surface area contributed by atoms with Crippen molar-refractivity contribution in [2.45, 2.75) is 72.0 Å². The van der Waals surface area contributed by atoms with Crippen LogP contribution >= 0.6 is 0 Å². The highest BCUT2D eigenvalue weighted by Crippen LogP contribution is 2.36. The van der Waals surface area contributed by atoms with Crippen LogP contribution in [0.2, 0.25) is 0 Å². The highest BCUT2D eigenvalue weighted by Gasteiger charge is 2.39. The molecule has 90 valence electrons. The Labute approximate surface area is 95.2 Å². The van der Waals surface area contributed by atoms with E-state index in [0.717, 1.165) is 6.54 Å². The van der Waals surface area contributed by atoms with Crippen LogP contribution in [0.5, 0.6) is 0 Å². The molecule has 2 N–H and O–H groups in total. The van der Waals surface area contributed by atoms with E-state index in [0.29, 0.717) is 23.5 Å². The van der Waals surface area contributed by atoms with Crippen molar-refractivity contribution >= 4 is 0 Å². The summed E-state index contributed by atoms with van der Waals surface area (Å²) in [4.78, 5) is 2.56. The van der Waals surface area contributed by atoms with Gasteiger partial charge in [0.1, 0.15) is 0 Å². The number of likely N-dealkylation sites (N-methyl/N-ethyl adjacent to an activating group) is 1. The number of nitrogens with two attached hydrogens (primary N) is 1. The normalized spacial score (nSPS) is 31.2. The summed E-state index contributed by atoms with van der Waals surface area (Å²) in [5.74, 6) is 0. The van der Waals surface area contributed by atoms with Gasteiger partial charge in [0, 0.05) is 18.1 Å². The van der Waals surface area contributed by atoms with Gasteiger partial charge in [-0.2, -0.15) is 0 Å². The topological polar surface area (TPSA) is 29.3 Å². The summed E-state index contributed by atoms with van der Waals surface area (Å²) in [6.45, 7) is 12.5. The van der Waals surface area contributed by atoms with E-state index in [-0.39, 0.29) is 0 Å². The van der Waals surface area contributed by atoms with Gasteiger partial charge in [-0.25, -0.2) is 0 Å². The fourth-order valence-corrected chi connectivity index (χ4v) is 2.99. The van der Waals surface area contributed by atoms with Crippen LogP contribution in [0.4, 0.5) is 0 Å². The quantitative estimate of drug-likeness (QED) is 0.779. The molecule has 1 rings (SSSR count). The van der Waals surface area contributed by atoms with E-state index < -0.39 is 0 Å². The van der Waals surface area contributed by atoms with Gasteiger partial charge in [-0.1, -0.05) is 27.2 Å². The fourth-order valence-electron chi connectivity index (χ4n) is 2.99. The van der Waals surface area contributed by atoms with E-state index in [1.807, 2.05) is 0 Å². The summed E-state index contributed by atoms with van der Waals surface area (Å²) < 4.78 is 0. The van der Waals surface area contributed by atoms with Gasteiger partial charge in [0.05, 0.1) is 0 Å². The summed E-state index contributed by atoms with van der Waals surface area (Å²) in [5.41, 5.74) is 6.74. The average molecular weight is 212 g/mol. The summed E-state index contributed by atoms with van der Waals surface area (Å²) in [5, 5.41) is 0. The molecule has 1 saturated carbocycles. The predicted octanol–water partition coefficient (Wildman–Crippen LogP) is 2.62. The highest BCUT2D eigenvalue weighted by atomic mass is 15.2. The molecule has 0 aromatic heterocycles. The van der Waals surface area contributed by atoms with E-state index in [4.69, 9.17) is 5.73 Å². The SMILES string of the molecule is CCN(C(C)C)C1CCCC(C)(C)C1N.